The topological polar surface area (TPSA) is 86.3 Å². The van der Waals surface area contributed by atoms with Crippen LogP contribution in [0.4, 0.5) is 0 Å². The van der Waals surface area contributed by atoms with Gasteiger partial charge in [-0.25, -0.2) is 0 Å². The van der Waals surface area contributed by atoms with E-state index in [0.717, 1.165) is 18.5 Å². The third kappa shape index (κ3) is 1.45. The molecule has 3 unspecified atom stereocenters. The number of aryl methyl sites for hydroxylation is 1. The van der Waals surface area contributed by atoms with Crippen LogP contribution in [0.25, 0.3) is 0 Å². The predicted molar refractivity (Wildman–Crippen MR) is 62.0 cm³/mol. The molecule has 0 saturated carbocycles. The van der Waals surface area contributed by atoms with Crippen LogP contribution < -0.4 is 0 Å². The molecule has 2 aliphatic heterocycles. The van der Waals surface area contributed by atoms with E-state index in [1.165, 1.54) is 6.20 Å². The number of nitrogens with one attached hydrogen (secondary N) is 1. The number of aromatic nitrogens is 2. The zero-order valence-electron chi connectivity index (χ0n) is 10.1. The quantitative estimate of drug-likeness (QED) is 0.811. The lowest BCUT2D eigenvalue weighted by Crippen LogP contribution is -2.38. The molecule has 2 aliphatic rings. The van der Waals surface area contributed by atoms with Crippen molar-refractivity contribution in [3.63, 3.8) is 0 Å². The van der Waals surface area contributed by atoms with Crippen molar-refractivity contribution in [1.29, 1.82) is 0 Å². The summed E-state index contributed by atoms with van der Waals surface area (Å²) in [7, 11) is 0. The van der Waals surface area contributed by atoms with Crippen molar-refractivity contribution >= 4 is 11.9 Å². The van der Waals surface area contributed by atoms with Crippen LogP contribution in [0.2, 0.25) is 0 Å². The Morgan fingerprint density at radius 2 is 2.28 bits per heavy atom. The molecule has 0 aromatic carbocycles. The van der Waals surface area contributed by atoms with Gasteiger partial charge in [-0.2, -0.15) is 5.10 Å². The fourth-order valence-electron chi connectivity index (χ4n) is 3.28. The van der Waals surface area contributed by atoms with Gasteiger partial charge in [0.2, 0.25) is 0 Å². The van der Waals surface area contributed by atoms with Crippen LogP contribution in [-0.2, 0) is 4.79 Å². The third-order valence-corrected chi connectivity index (χ3v) is 4.15. The minimum absolute atomic E-state index is 0.0814. The van der Waals surface area contributed by atoms with Crippen LogP contribution >= 0.6 is 0 Å². The molecule has 1 aromatic heterocycles. The maximum absolute atomic E-state index is 12.4. The Balaban J connectivity index is 1.88. The number of nitrogens with zero attached hydrogens (tertiary/aromatic N) is 2. The summed E-state index contributed by atoms with van der Waals surface area (Å²) in [4.78, 5) is 25.3. The molecule has 2 saturated heterocycles. The lowest BCUT2D eigenvalue weighted by atomic mass is 9.89. The minimum atomic E-state index is -0.788. The van der Waals surface area contributed by atoms with Crippen molar-refractivity contribution < 1.29 is 14.7 Å². The number of carbonyl (C=O) groups excluding carboxylic acids is 1. The first-order chi connectivity index (χ1) is 8.59. The van der Waals surface area contributed by atoms with Crippen molar-refractivity contribution in [2.75, 3.05) is 0 Å². The zero-order chi connectivity index (χ0) is 12.9. The van der Waals surface area contributed by atoms with E-state index >= 15 is 0 Å². The lowest BCUT2D eigenvalue weighted by molar-refractivity contribution is -0.142. The number of hydrogen-bond donors (Lipinski definition) is 2. The number of H-pyrrole nitrogens is 1. The van der Waals surface area contributed by atoms with Gasteiger partial charge < -0.3 is 10.0 Å². The van der Waals surface area contributed by atoms with Gasteiger partial charge in [-0.05, 0) is 26.2 Å². The molecule has 0 radical (unpaired) electrons. The van der Waals surface area contributed by atoms with E-state index in [1.807, 2.05) is 0 Å². The standard InChI is InChI=1S/C12H15N3O3/c1-6-9(5-13-14-6)11(16)15-7-2-3-10(15)8(4-7)12(17)18/h5,7-8,10H,2-4H2,1H3,(H,13,14)(H,17,18). The Labute approximate surface area is 104 Å². The van der Waals surface area contributed by atoms with Gasteiger partial charge in [0, 0.05) is 17.8 Å². The molecule has 3 rings (SSSR count). The van der Waals surface area contributed by atoms with Gasteiger partial charge in [0.25, 0.3) is 5.91 Å². The molecule has 2 bridgehead atoms. The minimum Gasteiger partial charge on any atom is -0.481 e. The highest BCUT2D eigenvalue weighted by Crippen LogP contribution is 2.42. The molecule has 1 aromatic rings. The van der Waals surface area contributed by atoms with E-state index in [0.29, 0.717) is 12.0 Å². The summed E-state index contributed by atoms with van der Waals surface area (Å²) in [5.74, 6) is -1.28. The summed E-state index contributed by atoms with van der Waals surface area (Å²) >= 11 is 0. The highest BCUT2D eigenvalue weighted by molar-refractivity contribution is 5.96. The molecular formula is C12H15N3O3. The van der Waals surface area contributed by atoms with Crippen molar-refractivity contribution in [1.82, 2.24) is 15.1 Å². The molecule has 0 spiro atoms. The number of hydrogen-bond acceptors (Lipinski definition) is 3. The van der Waals surface area contributed by atoms with Gasteiger partial charge in [0.15, 0.2) is 0 Å². The van der Waals surface area contributed by atoms with Gasteiger partial charge in [0.1, 0.15) is 0 Å². The van der Waals surface area contributed by atoms with Gasteiger partial charge in [0.05, 0.1) is 17.7 Å². The average molecular weight is 249 g/mol. The largest absolute Gasteiger partial charge is 0.481 e. The maximum atomic E-state index is 12.4. The molecule has 3 atom stereocenters. The maximum Gasteiger partial charge on any atom is 0.308 e. The second-order valence-corrected chi connectivity index (χ2v) is 5.10. The van der Waals surface area contributed by atoms with Crippen molar-refractivity contribution in [2.24, 2.45) is 5.92 Å². The molecular weight excluding hydrogens is 234 g/mol. The third-order valence-electron chi connectivity index (χ3n) is 4.15. The van der Waals surface area contributed by atoms with Gasteiger partial charge >= 0.3 is 5.97 Å². The van der Waals surface area contributed by atoms with E-state index in [1.54, 1.807) is 11.8 Å². The Morgan fingerprint density at radius 3 is 2.83 bits per heavy atom. The van der Waals surface area contributed by atoms with Crippen LogP contribution in [0.15, 0.2) is 6.20 Å². The van der Waals surface area contributed by atoms with Crippen LogP contribution in [0.1, 0.15) is 35.3 Å². The zero-order valence-corrected chi connectivity index (χ0v) is 10.1. The number of amides is 1. The normalized spacial score (nSPS) is 29.8. The van der Waals surface area contributed by atoms with E-state index in [9.17, 15) is 9.59 Å². The molecule has 2 N–H and O–H groups in total. The van der Waals surface area contributed by atoms with Crippen LogP contribution in [0, 0.1) is 12.8 Å². The summed E-state index contributed by atoms with van der Waals surface area (Å²) in [5.41, 5.74) is 1.29. The molecule has 3 heterocycles. The summed E-state index contributed by atoms with van der Waals surface area (Å²) in [5, 5.41) is 15.8. The first kappa shape index (κ1) is 11.3. The summed E-state index contributed by atoms with van der Waals surface area (Å²) < 4.78 is 0. The van der Waals surface area contributed by atoms with Crippen LogP contribution in [-0.4, -0.2) is 44.2 Å². The molecule has 6 heteroatoms. The lowest BCUT2D eigenvalue weighted by Gasteiger charge is -2.22. The first-order valence-corrected chi connectivity index (χ1v) is 6.15. The fraction of sp³-hybridized carbons (Fsp3) is 0.583. The van der Waals surface area contributed by atoms with E-state index in [4.69, 9.17) is 5.11 Å². The Kier molecular flexibility index (Phi) is 2.39. The smallest absolute Gasteiger partial charge is 0.308 e. The van der Waals surface area contributed by atoms with Crippen molar-refractivity contribution in [2.45, 2.75) is 38.3 Å². The molecule has 96 valence electrons. The second kappa shape index (κ2) is 3.83. The number of aliphatic carboxylic acids is 1. The first-order valence-electron chi connectivity index (χ1n) is 6.15. The molecule has 1 amide bonds. The Bertz CT molecular complexity index is 510. The predicted octanol–water partition coefficient (Wildman–Crippen LogP) is 0.796. The van der Waals surface area contributed by atoms with Gasteiger partial charge in [-0.1, -0.05) is 0 Å². The van der Waals surface area contributed by atoms with E-state index in [-0.39, 0.29) is 18.0 Å². The van der Waals surface area contributed by atoms with Crippen LogP contribution in [0.5, 0.6) is 0 Å². The van der Waals surface area contributed by atoms with Gasteiger partial charge in [-0.3, -0.25) is 14.7 Å². The molecule has 0 aliphatic carbocycles. The van der Waals surface area contributed by atoms with E-state index < -0.39 is 11.9 Å². The number of fused-ring (bicyclic) bond motifs is 2. The van der Waals surface area contributed by atoms with Gasteiger partial charge in [-0.15, -0.1) is 0 Å². The number of carboxylic acids is 1. The SMILES string of the molecule is Cc1[nH]ncc1C(=O)N1C2CCC1C(C(=O)O)C2. The van der Waals surface area contributed by atoms with Crippen LogP contribution in [0.3, 0.4) is 0 Å². The average Bonchev–Trinajstić information content (AvgIpc) is 3.01. The summed E-state index contributed by atoms with van der Waals surface area (Å²) in [6.45, 7) is 1.80. The highest BCUT2D eigenvalue weighted by atomic mass is 16.4. The Morgan fingerprint density at radius 1 is 1.50 bits per heavy atom. The van der Waals surface area contributed by atoms with E-state index in [2.05, 4.69) is 10.2 Å². The molecule has 18 heavy (non-hydrogen) atoms. The second-order valence-electron chi connectivity index (χ2n) is 5.10. The number of carboxylic acid groups (broad SMARTS) is 1. The molecule has 2 fully saturated rings. The highest BCUT2D eigenvalue weighted by Gasteiger charge is 2.51. The monoisotopic (exact) mass is 249 g/mol. The molecule has 6 nitrogen and oxygen atoms in total. The fourth-order valence-corrected chi connectivity index (χ4v) is 3.28. The summed E-state index contributed by atoms with van der Waals surface area (Å²) in [6, 6.07) is -0.0628. The number of rotatable bonds is 2. The Hall–Kier alpha value is -1.85. The summed E-state index contributed by atoms with van der Waals surface area (Å²) in [6.07, 6.45) is 3.81. The number of carbonyl (C=O) groups is 2. The van der Waals surface area contributed by atoms with Crippen molar-refractivity contribution in [3.8, 4) is 0 Å². The number of aromatic amines is 1. The van der Waals surface area contributed by atoms with Crippen molar-refractivity contribution in [3.05, 3.63) is 17.5 Å².